The Balaban J connectivity index is 1.98. The number of hydrogen-bond donors (Lipinski definition) is 0. The fourth-order valence-electron chi connectivity index (χ4n) is 2.15. The van der Waals surface area contributed by atoms with Crippen LogP contribution >= 0.6 is 0 Å². The molecular formula is C9H16. The van der Waals surface area contributed by atoms with Crippen molar-refractivity contribution in [1.29, 1.82) is 0 Å². The van der Waals surface area contributed by atoms with E-state index in [1.807, 2.05) is 0 Å². The molecule has 0 bridgehead atoms. The molecule has 0 radical (unpaired) electrons. The molecule has 0 aromatic carbocycles. The van der Waals surface area contributed by atoms with Crippen molar-refractivity contribution in [3.05, 3.63) is 0 Å². The van der Waals surface area contributed by atoms with Crippen molar-refractivity contribution in [2.75, 3.05) is 0 Å². The summed E-state index contributed by atoms with van der Waals surface area (Å²) in [5.74, 6) is 3.09. The van der Waals surface area contributed by atoms with E-state index in [4.69, 9.17) is 0 Å². The van der Waals surface area contributed by atoms with E-state index in [0.29, 0.717) is 0 Å². The van der Waals surface area contributed by atoms with Crippen LogP contribution in [0.2, 0.25) is 0 Å². The summed E-state index contributed by atoms with van der Waals surface area (Å²) in [5, 5.41) is 0. The number of hydrogen-bond acceptors (Lipinski definition) is 0. The zero-order valence-electron chi connectivity index (χ0n) is 6.65. The lowest BCUT2D eigenvalue weighted by Gasteiger charge is -2.18. The first-order valence-electron chi connectivity index (χ1n) is 4.17. The molecular weight excluding hydrogens is 108 g/mol. The molecule has 2 rings (SSSR count). The zero-order valence-corrected chi connectivity index (χ0v) is 6.65. The smallest absolute Gasteiger partial charge is 0.0235 e. The van der Waals surface area contributed by atoms with Gasteiger partial charge >= 0.3 is 0 Å². The lowest BCUT2D eigenvalue weighted by molar-refractivity contribution is 0.315. The fraction of sp³-hybridized carbons (Fsp3) is 1.00. The van der Waals surface area contributed by atoms with E-state index in [2.05, 4.69) is 20.8 Å². The highest BCUT2D eigenvalue weighted by atomic mass is 14.8. The quantitative estimate of drug-likeness (QED) is 0.531. The Bertz CT molecular complexity index is 129. The van der Waals surface area contributed by atoms with Crippen molar-refractivity contribution in [3.63, 3.8) is 0 Å². The Morgan fingerprint density at radius 2 is 1.67 bits per heavy atom. The van der Waals surface area contributed by atoms with E-state index in [1.54, 1.807) is 12.8 Å². The van der Waals surface area contributed by atoms with Crippen LogP contribution in [-0.2, 0) is 0 Å². The largest absolute Gasteiger partial charge is 0.0625 e. The molecule has 0 heterocycles. The molecule has 2 saturated carbocycles. The second-order valence-corrected chi connectivity index (χ2v) is 4.37. The first-order valence-corrected chi connectivity index (χ1v) is 4.17. The molecule has 9 heavy (non-hydrogen) atoms. The highest BCUT2D eigenvalue weighted by Crippen LogP contribution is 2.79. The first kappa shape index (κ1) is 5.76. The van der Waals surface area contributed by atoms with Gasteiger partial charge in [-0.25, -0.2) is 0 Å². The number of fused-ring (bicyclic) bond motifs is 1. The van der Waals surface area contributed by atoms with Gasteiger partial charge in [0.15, 0.2) is 0 Å². The molecule has 0 amide bonds. The summed E-state index contributed by atoms with van der Waals surface area (Å²) in [4.78, 5) is 0. The summed E-state index contributed by atoms with van der Waals surface area (Å²) in [7, 11) is 0. The van der Waals surface area contributed by atoms with Gasteiger partial charge in [0.2, 0.25) is 0 Å². The summed E-state index contributed by atoms with van der Waals surface area (Å²) in [6.45, 7) is 7.14. The van der Waals surface area contributed by atoms with Gasteiger partial charge in [-0.15, -0.1) is 0 Å². The van der Waals surface area contributed by atoms with E-state index >= 15 is 0 Å². The van der Waals surface area contributed by atoms with Crippen molar-refractivity contribution in [2.45, 2.75) is 33.6 Å². The summed E-state index contributed by atoms with van der Waals surface area (Å²) in [5.41, 5.74) is 0.897. The molecule has 0 aromatic rings. The highest BCUT2D eigenvalue weighted by Gasteiger charge is 2.71. The molecule has 0 spiro atoms. The second kappa shape index (κ2) is 1.36. The lowest BCUT2D eigenvalue weighted by atomic mass is 9.88. The second-order valence-electron chi connectivity index (χ2n) is 4.37. The Morgan fingerprint density at radius 1 is 1.22 bits per heavy atom. The topological polar surface area (TPSA) is 0 Å². The van der Waals surface area contributed by atoms with E-state index in [0.717, 1.165) is 17.3 Å². The third-order valence-electron chi connectivity index (χ3n) is 3.65. The summed E-state index contributed by atoms with van der Waals surface area (Å²) >= 11 is 0. The molecule has 0 aliphatic heterocycles. The molecule has 0 heteroatoms. The predicted octanol–water partition coefficient (Wildman–Crippen LogP) is 2.69. The van der Waals surface area contributed by atoms with Crippen LogP contribution in [-0.4, -0.2) is 0 Å². The molecule has 0 N–H and O–H groups in total. The van der Waals surface area contributed by atoms with E-state index in [1.165, 1.54) is 5.92 Å². The molecule has 2 aliphatic rings. The third kappa shape index (κ3) is 0.595. The van der Waals surface area contributed by atoms with E-state index in [9.17, 15) is 0 Å². The Hall–Kier alpha value is 0. The van der Waals surface area contributed by atoms with Gasteiger partial charge in [0, 0.05) is 0 Å². The van der Waals surface area contributed by atoms with Gasteiger partial charge in [-0.1, -0.05) is 20.8 Å². The van der Waals surface area contributed by atoms with Crippen molar-refractivity contribution in [1.82, 2.24) is 0 Å². The molecule has 1 atom stereocenters. The maximum Gasteiger partial charge on any atom is -0.0235 e. The van der Waals surface area contributed by atoms with Gasteiger partial charge < -0.3 is 0 Å². The molecule has 52 valence electrons. The third-order valence-corrected chi connectivity index (χ3v) is 3.65. The molecule has 0 saturated heterocycles. The maximum atomic E-state index is 2.43. The van der Waals surface area contributed by atoms with Gasteiger partial charge in [-0.05, 0) is 36.0 Å². The van der Waals surface area contributed by atoms with Gasteiger partial charge in [-0.3, -0.25) is 0 Å². The van der Waals surface area contributed by atoms with Crippen LogP contribution in [0.4, 0.5) is 0 Å². The monoisotopic (exact) mass is 124 g/mol. The highest BCUT2D eigenvalue weighted by molar-refractivity contribution is 5.20. The minimum atomic E-state index is 0.897. The molecule has 1 unspecified atom stereocenters. The fourth-order valence-corrected chi connectivity index (χ4v) is 2.15. The normalized spacial score (nSPS) is 48.7. The van der Waals surface area contributed by atoms with Gasteiger partial charge in [0.1, 0.15) is 0 Å². The summed E-state index contributed by atoms with van der Waals surface area (Å²) in [6, 6.07) is 0. The van der Waals surface area contributed by atoms with Crippen LogP contribution in [0.5, 0.6) is 0 Å². The van der Waals surface area contributed by atoms with Crippen LogP contribution in [0.25, 0.3) is 0 Å². The molecule has 0 nitrogen and oxygen atoms in total. The minimum Gasteiger partial charge on any atom is -0.0625 e. The van der Waals surface area contributed by atoms with Crippen molar-refractivity contribution in [2.24, 2.45) is 23.2 Å². The Labute approximate surface area is 57.6 Å². The van der Waals surface area contributed by atoms with Crippen LogP contribution < -0.4 is 0 Å². The van der Waals surface area contributed by atoms with E-state index < -0.39 is 0 Å². The maximum absolute atomic E-state index is 2.43. The SMILES string of the molecule is CC(C)C(C)C12CC1C2. The molecule has 2 aliphatic carbocycles. The Kier molecular flexibility index (Phi) is 0.868. The minimum absolute atomic E-state index is 0.897. The molecule has 2 fully saturated rings. The van der Waals surface area contributed by atoms with Gasteiger partial charge in [-0.2, -0.15) is 0 Å². The van der Waals surface area contributed by atoms with Crippen molar-refractivity contribution >= 4 is 0 Å². The predicted molar refractivity (Wildman–Crippen MR) is 39.2 cm³/mol. The Morgan fingerprint density at radius 3 is 1.78 bits per heavy atom. The van der Waals surface area contributed by atoms with Crippen LogP contribution in [0.15, 0.2) is 0 Å². The van der Waals surface area contributed by atoms with E-state index in [-0.39, 0.29) is 0 Å². The van der Waals surface area contributed by atoms with Gasteiger partial charge in [0.05, 0.1) is 0 Å². The molecule has 0 aromatic heterocycles. The van der Waals surface area contributed by atoms with Crippen LogP contribution in [0.3, 0.4) is 0 Å². The summed E-state index contributed by atoms with van der Waals surface area (Å²) in [6.07, 6.45) is 3.12. The lowest BCUT2D eigenvalue weighted by Crippen LogP contribution is -2.10. The average Bonchev–Trinajstić information content (AvgIpc) is 2.45. The number of rotatable bonds is 2. The standard InChI is InChI=1S/C9H16/c1-6(2)7(3)9-4-8(9)5-9/h6-8H,4-5H2,1-3H3. The van der Waals surface area contributed by atoms with Crippen molar-refractivity contribution in [3.8, 4) is 0 Å². The average molecular weight is 124 g/mol. The van der Waals surface area contributed by atoms with Crippen LogP contribution in [0, 0.1) is 23.2 Å². The first-order chi connectivity index (χ1) is 4.17. The van der Waals surface area contributed by atoms with Gasteiger partial charge in [0.25, 0.3) is 0 Å². The summed E-state index contributed by atoms with van der Waals surface area (Å²) < 4.78 is 0. The zero-order chi connectivity index (χ0) is 6.65. The van der Waals surface area contributed by atoms with Crippen LogP contribution in [0.1, 0.15) is 33.6 Å². The van der Waals surface area contributed by atoms with Crippen molar-refractivity contribution < 1.29 is 0 Å².